The van der Waals surface area contributed by atoms with Crippen LogP contribution in [-0.4, -0.2) is 16.5 Å². The maximum Gasteiger partial charge on any atom is 0.145 e. The standard InChI is InChI=1S/C13H21N3/c1-2-8-14-12(11-6-3-4-7-11)13-15-9-5-10-16-13/h5,9-12,14H,2-4,6-8H2,1H3. The molecule has 0 aliphatic heterocycles. The molecule has 0 spiro atoms. The molecule has 1 heterocycles. The van der Waals surface area contributed by atoms with Crippen LogP contribution < -0.4 is 5.32 Å². The number of hydrogen-bond donors (Lipinski definition) is 1. The zero-order chi connectivity index (χ0) is 11.2. The second-order valence-corrected chi connectivity index (χ2v) is 4.58. The van der Waals surface area contributed by atoms with E-state index in [0.29, 0.717) is 6.04 Å². The summed E-state index contributed by atoms with van der Waals surface area (Å²) >= 11 is 0. The van der Waals surface area contributed by atoms with Crippen molar-refractivity contribution in [1.82, 2.24) is 15.3 Å². The van der Waals surface area contributed by atoms with Gasteiger partial charge >= 0.3 is 0 Å². The Hall–Kier alpha value is -0.960. The van der Waals surface area contributed by atoms with E-state index in [0.717, 1.165) is 24.7 Å². The van der Waals surface area contributed by atoms with E-state index in [1.54, 1.807) is 0 Å². The van der Waals surface area contributed by atoms with Crippen molar-refractivity contribution in [1.29, 1.82) is 0 Å². The SMILES string of the molecule is CCCNC(c1ncccn1)C1CCCC1. The average Bonchev–Trinajstić information content (AvgIpc) is 2.85. The summed E-state index contributed by atoms with van der Waals surface area (Å²) in [6.45, 7) is 3.25. The van der Waals surface area contributed by atoms with Crippen LogP contribution in [0.25, 0.3) is 0 Å². The summed E-state index contributed by atoms with van der Waals surface area (Å²) < 4.78 is 0. The molecular weight excluding hydrogens is 198 g/mol. The predicted octanol–water partition coefficient (Wildman–Crippen LogP) is 2.71. The molecule has 1 aromatic rings. The quantitative estimate of drug-likeness (QED) is 0.827. The van der Waals surface area contributed by atoms with Crippen LogP contribution in [-0.2, 0) is 0 Å². The molecule has 1 unspecified atom stereocenters. The second-order valence-electron chi connectivity index (χ2n) is 4.58. The van der Waals surface area contributed by atoms with E-state index in [4.69, 9.17) is 0 Å². The lowest BCUT2D eigenvalue weighted by Crippen LogP contribution is -2.29. The highest BCUT2D eigenvalue weighted by Crippen LogP contribution is 2.34. The lowest BCUT2D eigenvalue weighted by molar-refractivity contribution is 0.353. The van der Waals surface area contributed by atoms with Crippen LogP contribution in [0.2, 0.25) is 0 Å². The maximum atomic E-state index is 4.40. The Kier molecular flexibility index (Phi) is 4.28. The van der Waals surface area contributed by atoms with Crippen LogP contribution in [0, 0.1) is 5.92 Å². The van der Waals surface area contributed by atoms with Gasteiger partial charge in [0.15, 0.2) is 0 Å². The topological polar surface area (TPSA) is 37.8 Å². The molecule has 0 amide bonds. The van der Waals surface area contributed by atoms with E-state index in [-0.39, 0.29) is 0 Å². The summed E-state index contributed by atoms with van der Waals surface area (Å²) in [5, 5.41) is 3.60. The number of nitrogens with one attached hydrogen (secondary N) is 1. The minimum Gasteiger partial charge on any atom is -0.307 e. The van der Waals surface area contributed by atoms with Gasteiger partial charge in [-0.1, -0.05) is 19.8 Å². The smallest absolute Gasteiger partial charge is 0.145 e. The molecule has 0 bridgehead atoms. The summed E-state index contributed by atoms with van der Waals surface area (Å²) in [4.78, 5) is 8.81. The molecular formula is C13H21N3. The third-order valence-corrected chi connectivity index (χ3v) is 3.35. The molecule has 0 aromatic carbocycles. The highest BCUT2D eigenvalue weighted by Gasteiger charge is 2.27. The van der Waals surface area contributed by atoms with E-state index in [1.807, 2.05) is 18.5 Å². The van der Waals surface area contributed by atoms with Crippen LogP contribution in [0.1, 0.15) is 50.9 Å². The first-order chi connectivity index (χ1) is 7.92. The van der Waals surface area contributed by atoms with Gasteiger partial charge in [0.1, 0.15) is 5.82 Å². The number of hydrogen-bond acceptors (Lipinski definition) is 3. The second kappa shape index (κ2) is 5.94. The first kappa shape index (κ1) is 11.5. The van der Waals surface area contributed by atoms with Crippen molar-refractivity contribution in [2.75, 3.05) is 6.54 Å². The Labute approximate surface area is 97.7 Å². The van der Waals surface area contributed by atoms with Crippen LogP contribution in [0.5, 0.6) is 0 Å². The molecule has 1 aromatic heterocycles. The summed E-state index contributed by atoms with van der Waals surface area (Å²) in [5.74, 6) is 1.71. The van der Waals surface area contributed by atoms with Crippen molar-refractivity contribution in [2.24, 2.45) is 5.92 Å². The van der Waals surface area contributed by atoms with E-state index < -0.39 is 0 Å². The summed E-state index contributed by atoms with van der Waals surface area (Å²) in [6.07, 6.45) is 10.2. The molecule has 0 radical (unpaired) electrons. The molecule has 1 N–H and O–H groups in total. The van der Waals surface area contributed by atoms with Gasteiger partial charge in [-0.3, -0.25) is 0 Å². The van der Waals surface area contributed by atoms with Crippen molar-refractivity contribution in [3.63, 3.8) is 0 Å². The summed E-state index contributed by atoms with van der Waals surface area (Å²) in [7, 11) is 0. The van der Waals surface area contributed by atoms with Gasteiger partial charge in [-0.25, -0.2) is 9.97 Å². The van der Waals surface area contributed by atoms with Crippen molar-refractivity contribution in [3.8, 4) is 0 Å². The zero-order valence-corrected chi connectivity index (χ0v) is 10.0. The van der Waals surface area contributed by atoms with Gasteiger partial charge < -0.3 is 5.32 Å². The normalized spacial score (nSPS) is 18.8. The molecule has 2 rings (SSSR count). The van der Waals surface area contributed by atoms with E-state index in [2.05, 4.69) is 22.2 Å². The van der Waals surface area contributed by atoms with Crippen molar-refractivity contribution in [3.05, 3.63) is 24.3 Å². The minimum atomic E-state index is 0.364. The van der Waals surface area contributed by atoms with Crippen LogP contribution >= 0.6 is 0 Å². The molecule has 16 heavy (non-hydrogen) atoms. The zero-order valence-electron chi connectivity index (χ0n) is 10.0. The summed E-state index contributed by atoms with van der Waals surface area (Å²) in [5.41, 5.74) is 0. The molecule has 3 nitrogen and oxygen atoms in total. The molecule has 1 fully saturated rings. The first-order valence-corrected chi connectivity index (χ1v) is 6.42. The molecule has 1 atom stereocenters. The third-order valence-electron chi connectivity index (χ3n) is 3.35. The lowest BCUT2D eigenvalue weighted by Gasteiger charge is -2.23. The Morgan fingerprint density at radius 2 is 2.00 bits per heavy atom. The Morgan fingerprint density at radius 1 is 1.31 bits per heavy atom. The Morgan fingerprint density at radius 3 is 2.62 bits per heavy atom. The first-order valence-electron chi connectivity index (χ1n) is 6.42. The van der Waals surface area contributed by atoms with Gasteiger partial charge in [0.2, 0.25) is 0 Å². The van der Waals surface area contributed by atoms with Gasteiger partial charge in [-0.05, 0) is 37.8 Å². The molecule has 0 saturated heterocycles. The molecule has 1 saturated carbocycles. The average molecular weight is 219 g/mol. The van der Waals surface area contributed by atoms with Crippen molar-refractivity contribution < 1.29 is 0 Å². The van der Waals surface area contributed by atoms with E-state index in [1.165, 1.54) is 25.7 Å². The maximum absolute atomic E-state index is 4.40. The summed E-state index contributed by atoms with van der Waals surface area (Å²) in [6, 6.07) is 2.25. The minimum absolute atomic E-state index is 0.364. The van der Waals surface area contributed by atoms with Crippen LogP contribution in [0.15, 0.2) is 18.5 Å². The highest BCUT2D eigenvalue weighted by molar-refractivity contribution is 4.99. The third kappa shape index (κ3) is 2.79. The number of rotatable bonds is 5. The molecule has 88 valence electrons. The molecule has 1 aliphatic rings. The van der Waals surface area contributed by atoms with Gasteiger partial charge in [0, 0.05) is 12.4 Å². The fourth-order valence-electron chi connectivity index (χ4n) is 2.53. The lowest BCUT2D eigenvalue weighted by atomic mass is 9.97. The van der Waals surface area contributed by atoms with Crippen LogP contribution in [0.4, 0.5) is 0 Å². The Balaban J connectivity index is 2.07. The Bertz CT molecular complexity index is 293. The predicted molar refractivity (Wildman–Crippen MR) is 65.0 cm³/mol. The van der Waals surface area contributed by atoms with Gasteiger partial charge in [-0.15, -0.1) is 0 Å². The van der Waals surface area contributed by atoms with Crippen molar-refractivity contribution >= 4 is 0 Å². The van der Waals surface area contributed by atoms with Gasteiger partial charge in [0.05, 0.1) is 6.04 Å². The molecule has 3 heteroatoms. The van der Waals surface area contributed by atoms with Gasteiger partial charge in [0.25, 0.3) is 0 Å². The van der Waals surface area contributed by atoms with E-state index >= 15 is 0 Å². The largest absolute Gasteiger partial charge is 0.307 e. The van der Waals surface area contributed by atoms with Crippen LogP contribution in [0.3, 0.4) is 0 Å². The van der Waals surface area contributed by atoms with E-state index in [9.17, 15) is 0 Å². The molecule has 1 aliphatic carbocycles. The number of aromatic nitrogens is 2. The van der Waals surface area contributed by atoms with Crippen molar-refractivity contribution in [2.45, 2.75) is 45.1 Å². The highest BCUT2D eigenvalue weighted by atomic mass is 15.0. The fraction of sp³-hybridized carbons (Fsp3) is 0.692. The number of nitrogens with zero attached hydrogens (tertiary/aromatic N) is 2. The fourth-order valence-corrected chi connectivity index (χ4v) is 2.53. The van der Waals surface area contributed by atoms with Gasteiger partial charge in [-0.2, -0.15) is 0 Å². The monoisotopic (exact) mass is 219 g/mol.